The number of nitrogens with zero attached hydrogens (tertiary/aromatic N) is 2. The van der Waals surface area contributed by atoms with E-state index in [1.54, 1.807) is 10.9 Å². The number of aryl methyl sites for hydroxylation is 1. The van der Waals surface area contributed by atoms with E-state index in [1.807, 2.05) is 13.1 Å². The first kappa shape index (κ1) is 13.2. The molecule has 0 fully saturated rings. The van der Waals surface area contributed by atoms with Crippen LogP contribution in [0.4, 0.5) is 5.69 Å². The molecular weight excluding hydrogens is 187 g/mol. The third kappa shape index (κ3) is 3.46. The maximum Gasteiger partial charge on any atom is 0.0868 e. The number of nitrogens with two attached hydrogens (primary N) is 1. The quantitative estimate of drug-likeness (QED) is 0.552. The Morgan fingerprint density at radius 3 is 2.55 bits per heavy atom. The number of hydrazine groups is 1. The monoisotopic (exact) mass is 198 g/mol. The lowest BCUT2D eigenvalue weighted by molar-refractivity contribution is 0.660. The summed E-state index contributed by atoms with van der Waals surface area (Å²) in [5, 5.41) is 3.98. The van der Waals surface area contributed by atoms with Crippen LogP contribution >= 0.6 is 24.8 Å². The van der Waals surface area contributed by atoms with E-state index in [-0.39, 0.29) is 24.8 Å². The lowest BCUT2D eigenvalue weighted by Gasteiger charge is -1.90. The van der Waals surface area contributed by atoms with Crippen LogP contribution in [0.15, 0.2) is 12.4 Å². The van der Waals surface area contributed by atoms with Crippen molar-refractivity contribution in [1.29, 1.82) is 0 Å². The van der Waals surface area contributed by atoms with Crippen molar-refractivity contribution in [3.05, 3.63) is 12.4 Å². The number of rotatable bonds is 2. The molecule has 0 aliphatic heterocycles. The van der Waals surface area contributed by atoms with Crippen molar-refractivity contribution in [3.8, 4) is 0 Å². The summed E-state index contributed by atoms with van der Waals surface area (Å²) in [6.07, 6.45) is 3.53. The minimum Gasteiger partial charge on any atom is -0.321 e. The van der Waals surface area contributed by atoms with Crippen LogP contribution in [-0.4, -0.2) is 9.78 Å². The fraction of sp³-hybridized carbons (Fsp3) is 0.400. The summed E-state index contributed by atoms with van der Waals surface area (Å²) in [6.45, 7) is 2.90. The first-order valence-electron chi connectivity index (χ1n) is 2.86. The lowest BCUT2D eigenvalue weighted by Crippen LogP contribution is -2.05. The predicted octanol–water partition coefficient (Wildman–Crippen LogP) is 1.03. The molecule has 0 bridgehead atoms. The predicted molar refractivity (Wildman–Crippen MR) is 50.2 cm³/mol. The molecule has 0 radical (unpaired) electrons. The van der Waals surface area contributed by atoms with Crippen molar-refractivity contribution < 1.29 is 0 Å². The smallest absolute Gasteiger partial charge is 0.0868 e. The van der Waals surface area contributed by atoms with Crippen LogP contribution in [0.1, 0.15) is 6.92 Å². The van der Waals surface area contributed by atoms with E-state index in [1.165, 1.54) is 0 Å². The molecule has 4 nitrogen and oxygen atoms in total. The maximum atomic E-state index is 5.11. The second-order valence-electron chi connectivity index (χ2n) is 1.73. The largest absolute Gasteiger partial charge is 0.321 e. The van der Waals surface area contributed by atoms with Gasteiger partial charge in [-0.3, -0.25) is 10.5 Å². The summed E-state index contributed by atoms with van der Waals surface area (Å²) in [4.78, 5) is 0. The van der Waals surface area contributed by atoms with Gasteiger partial charge >= 0.3 is 0 Å². The summed E-state index contributed by atoms with van der Waals surface area (Å²) in [5.41, 5.74) is 3.34. The summed E-state index contributed by atoms with van der Waals surface area (Å²) in [7, 11) is 0. The Kier molecular flexibility index (Phi) is 7.51. The van der Waals surface area contributed by atoms with E-state index in [0.29, 0.717) is 0 Å². The van der Waals surface area contributed by atoms with Gasteiger partial charge in [0.05, 0.1) is 11.9 Å². The van der Waals surface area contributed by atoms with Crippen molar-refractivity contribution in [1.82, 2.24) is 9.78 Å². The Morgan fingerprint density at radius 2 is 2.27 bits per heavy atom. The van der Waals surface area contributed by atoms with E-state index in [0.717, 1.165) is 12.2 Å². The van der Waals surface area contributed by atoms with E-state index in [9.17, 15) is 0 Å². The van der Waals surface area contributed by atoms with Crippen molar-refractivity contribution in [3.63, 3.8) is 0 Å². The fourth-order valence-electron chi connectivity index (χ4n) is 0.611. The fourth-order valence-corrected chi connectivity index (χ4v) is 0.611. The Bertz CT molecular complexity index is 170. The topological polar surface area (TPSA) is 55.9 Å². The van der Waals surface area contributed by atoms with Gasteiger partial charge in [0.25, 0.3) is 0 Å². The Labute approximate surface area is 77.9 Å². The van der Waals surface area contributed by atoms with Gasteiger partial charge < -0.3 is 5.43 Å². The molecule has 1 heterocycles. The normalized spacial score (nSPS) is 7.82. The molecule has 0 aromatic carbocycles. The molecule has 66 valence electrons. The molecule has 3 N–H and O–H groups in total. The van der Waals surface area contributed by atoms with Crippen molar-refractivity contribution in [2.24, 2.45) is 5.84 Å². The second kappa shape index (κ2) is 6.27. The summed E-state index contributed by atoms with van der Waals surface area (Å²) >= 11 is 0. The number of anilines is 1. The molecule has 11 heavy (non-hydrogen) atoms. The molecule has 0 unspecified atom stereocenters. The zero-order chi connectivity index (χ0) is 6.69. The Hall–Kier alpha value is -0.450. The highest BCUT2D eigenvalue weighted by atomic mass is 35.5. The first-order valence-corrected chi connectivity index (χ1v) is 2.86. The number of hydrogen-bond acceptors (Lipinski definition) is 3. The molecule has 0 spiro atoms. The van der Waals surface area contributed by atoms with Crippen LogP contribution in [0.3, 0.4) is 0 Å². The van der Waals surface area contributed by atoms with E-state index >= 15 is 0 Å². The highest BCUT2D eigenvalue weighted by Gasteiger charge is 1.90. The van der Waals surface area contributed by atoms with Gasteiger partial charge in [-0.2, -0.15) is 5.10 Å². The third-order valence-corrected chi connectivity index (χ3v) is 1.12. The average Bonchev–Trinajstić information content (AvgIpc) is 2.34. The first-order chi connectivity index (χ1) is 4.36. The molecule has 6 heteroatoms. The Balaban J connectivity index is 0. The molecule has 0 aliphatic rings. The van der Waals surface area contributed by atoms with Gasteiger partial charge in [-0.05, 0) is 6.92 Å². The van der Waals surface area contributed by atoms with Crippen LogP contribution < -0.4 is 11.3 Å². The molecule has 0 atom stereocenters. The van der Waals surface area contributed by atoms with Crippen LogP contribution in [0.25, 0.3) is 0 Å². The summed E-state index contributed by atoms with van der Waals surface area (Å²) in [5.74, 6) is 5.11. The average molecular weight is 199 g/mol. The SMILES string of the molecule is CCn1cc(NN)cn1.Cl.Cl. The van der Waals surface area contributed by atoms with Crippen LogP contribution in [0, 0.1) is 0 Å². The molecule has 1 aromatic heterocycles. The van der Waals surface area contributed by atoms with Gasteiger partial charge in [0, 0.05) is 12.7 Å². The van der Waals surface area contributed by atoms with Crippen molar-refractivity contribution >= 4 is 30.5 Å². The van der Waals surface area contributed by atoms with Gasteiger partial charge in [0.15, 0.2) is 0 Å². The highest BCUT2D eigenvalue weighted by Crippen LogP contribution is 2.00. The van der Waals surface area contributed by atoms with Crippen LogP contribution in [0.5, 0.6) is 0 Å². The lowest BCUT2D eigenvalue weighted by atomic mass is 10.6. The zero-order valence-electron chi connectivity index (χ0n) is 6.15. The number of nitrogen functional groups attached to an aromatic ring is 1. The second-order valence-corrected chi connectivity index (χ2v) is 1.73. The molecule has 0 amide bonds. The summed E-state index contributed by atoms with van der Waals surface area (Å²) in [6, 6.07) is 0. The minimum atomic E-state index is 0. The molecular formula is C5H12Cl2N4. The van der Waals surface area contributed by atoms with Crippen molar-refractivity contribution in [2.75, 3.05) is 5.43 Å². The number of hydrogen-bond donors (Lipinski definition) is 2. The molecule has 0 saturated heterocycles. The molecule has 1 aromatic rings. The van der Waals surface area contributed by atoms with Gasteiger partial charge in [-0.25, -0.2) is 0 Å². The van der Waals surface area contributed by atoms with Gasteiger partial charge in [0.2, 0.25) is 0 Å². The van der Waals surface area contributed by atoms with E-state index in [4.69, 9.17) is 5.84 Å². The standard InChI is InChI=1S/C5H10N4.2ClH/c1-2-9-4-5(8-6)3-7-9;;/h3-4,8H,2,6H2,1H3;2*1H. The third-order valence-electron chi connectivity index (χ3n) is 1.12. The maximum absolute atomic E-state index is 5.11. The van der Waals surface area contributed by atoms with Crippen molar-refractivity contribution in [2.45, 2.75) is 13.5 Å². The van der Waals surface area contributed by atoms with Crippen LogP contribution in [0.2, 0.25) is 0 Å². The molecule has 0 aliphatic carbocycles. The highest BCUT2D eigenvalue weighted by molar-refractivity contribution is 5.85. The minimum absolute atomic E-state index is 0. The molecule has 0 saturated carbocycles. The van der Waals surface area contributed by atoms with Gasteiger partial charge in [0.1, 0.15) is 0 Å². The summed E-state index contributed by atoms with van der Waals surface area (Å²) < 4.78 is 1.80. The number of aromatic nitrogens is 2. The van der Waals surface area contributed by atoms with Gasteiger partial charge in [-0.1, -0.05) is 0 Å². The van der Waals surface area contributed by atoms with Gasteiger partial charge in [-0.15, -0.1) is 24.8 Å². The molecule has 1 rings (SSSR count). The number of halogens is 2. The van der Waals surface area contributed by atoms with Crippen LogP contribution in [-0.2, 0) is 6.54 Å². The Morgan fingerprint density at radius 1 is 1.64 bits per heavy atom. The van der Waals surface area contributed by atoms with E-state index < -0.39 is 0 Å². The van der Waals surface area contributed by atoms with E-state index in [2.05, 4.69) is 10.5 Å². The number of nitrogens with one attached hydrogen (secondary N) is 1. The zero-order valence-corrected chi connectivity index (χ0v) is 7.78.